The largest absolute Gasteiger partial charge is 0.480 e. The van der Waals surface area contributed by atoms with Crippen molar-refractivity contribution in [2.24, 2.45) is 0 Å². The molecule has 122 valence electrons. The Kier molecular flexibility index (Phi) is 6.29. The summed E-state index contributed by atoms with van der Waals surface area (Å²) in [6.45, 7) is 8.54. The fourth-order valence-electron chi connectivity index (χ4n) is 1.75. The van der Waals surface area contributed by atoms with Crippen LogP contribution >= 0.6 is 15.2 Å². The Morgan fingerprint density at radius 2 is 1.33 bits per heavy atom. The van der Waals surface area contributed by atoms with Gasteiger partial charge in [-0.3, -0.25) is 18.8 Å². The van der Waals surface area contributed by atoms with Gasteiger partial charge in [0.1, 0.15) is 17.1 Å². The monoisotopic (exact) mass is 343 g/mol. The third kappa shape index (κ3) is 4.59. The summed E-state index contributed by atoms with van der Waals surface area (Å²) in [5.41, 5.74) is -2.00. The molecule has 21 heavy (non-hydrogen) atoms. The van der Waals surface area contributed by atoms with Crippen LogP contribution in [0.4, 0.5) is 0 Å². The summed E-state index contributed by atoms with van der Waals surface area (Å²) < 4.78 is 23.0. The van der Waals surface area contributed by atoms with Gasteiger partial charge in [-0.2, -0.15) is 0 Å². The number of nitrogens with zero attached hydrogens (tertiary/aromatic N) is 1. The summed E-state index contributed by atoms with van der Waals surface area (Å²) in [5.74, 6) is -5.33. The van der Waals surface area contributed by atoms with Crippen molar-refractivity contribution in [2.75, 3.05) is 0 Å². The van der Waals surface area contributed by atoms with Crippen molar-refractivity contribution in [1.82, 2.24) is 4.90 Å². The quantitative estimate of drug-likeness (QED) is 0.313. The minimum Gasteiger partial charge on any atom is -0.480 e. The molecule has 0 spiro atoms. The average molecular weight is 343 g/mol. The molecule has 0 bridgehead atoms. The van der Waals surface area contributed by atoms with Crippen LogP contribution in [0.15, 0.2) is 25.3 Å². The number of aliphatic carboxylic acids is 1. The van der Waals surface area contributed by atoms with Crippen molar-refractivity contribution < 1.29 is 38.6 Å². The number of carboxylic acids is 1. The molecule has 0 heterocycles. The van der Waals surface area contributed by atoms with E-state index in [2.05, 4.69) is 13.2 Å². The van der Waals surface area contributed by atoms with Gasteiger partial charge in [-0.15, -0.1) is 13.2 Å². The molecule has 0 aliphatic carbocycles. The second kappa shape index (κ2) is 6.54. The molecule has 11 heteroatoms. The van der Waals surface area contributed by atoms with Crippen LogP contribution in [0.3, 0.4) is 0 Å². The van der Waals surface area contributed by atoms with Gasteiger partial charge in [-0.05, 0) is 13.8 Å². The zero-order chi connectivity index (χ0) is 17.2. The Labute approximate surface area is 121 Å². The van der Waals surface area contributed by atoms with Gasteiger partial charge >= 0.3 is 21.2 Å². The highest BCUT2D eigenvalue weighted by molar-refractivity contribution is 7.53. The molecule has 0 saturated heterocycles. The summed E-state index contributed by atoms with van der Waals surface area (Å²) in [6, 6.07) is 0. The van der Waals surface area contributed by atoms with Crippen molar-refractivity contribution in [3.63, 3.8) is 0 Å². The van der Waals surface area contributed by atoms with Crippen molar-refractivity contribution >= 4 is 21.2 Å². The molecule has 0 amide bonds. The molecule has 0 radical (unpaired) electrons. The van der Waals surface area contributed by atoms with E-state index in [1.807, 2.05) is 0 Å². The van der Waals surface area contributed by atoms with E-state index < -0.39 is 38.3 Å². The van der Waals surface area contributed by atoms with Gasteiger partial charge in [-0.25, -0.2) is 0 Å². The number of hydrogen-bond acceptors (Lipinski definition) is 4. The minimum absolute atomic E-state index is 0.511. The van der Waals surface area contributed by atoms with Crippen molar-refractivity contribution in [2.45, 2.75) is 31.0 Å². The third-order valence-electron chi connectivity index (χ3n) is 2.85. The van der Waals surface area contributed by atoms with Gasteiger partial charge < -0.3 is 24.7 Å². The van der Waals surface area contributed by atoms with Crippen LogP contribution in [-0.2, 0) is 13.9 Å². The minimum atomic E-state index is -4.95. The normalized spacial score (nSPS) is 16.3. The molecular formula is C10H19NO8P2. The molecule has 0 aromatic carbocycles. The van der Waals surface area contributed by atoms with Crippen LogP contribution in [0.5, 0.6) is 0 Å². The third-order valence-corrected chi connectivity index (χ3v) is 5.15. The smallest absolute Gasteiger partial charge is 0.346 e. The Bertz CT molecular complexity index is 485. The highest BCUT2D eigenvalue weighted by atomic mass is 31.2. The number of carboxylic acid groups (broad SMARTS) is 1. The van der Waals surface area contributed by atoms with Crippen LogP contribution in [0.25, 0.3) is 0 Å². The summed E-state index contributed by atoms with van der Waals surface area (Å²) in [7, 11) is -9.90. The first kappa shape index (κ1) is 20.2. The van der Waals surface area contributed by atoms with Crippen molar-refractivity contribution in [3.05, 3.63) is 25.3 Å². The van der Waals surface area contributed by atoms with E-state index in [0.717, 1.165) is 26.0 Å². The Morgan fingerprint density at radius 3 is 1.48 bits per heavy atom. The zero-order valence-corrected chi connectivity index (χ0v) is 13.3. The van der Waals surface area contributed by atoms with E-state index in [1.165, 1.54) is 0 Å². The lowest BCUT2D eigenvalue weighted by molar-refractivity contribution is -0.149. The highest BCUT2D eigenvalue weighted by Gasteiger charge is 2.51. The first-order valence-corrected chi connectivity index (χ1v) is 8.95. The SMILES string of the molecule is C=CC(N(C(C=C)P(=O)(O)O)C(C)(C)C(=O)O)P(=O)(O)O. The van der Waals surface area contributed by atoms with E-state index >= 15 is 0 Å². The maximum Gasteiger partial charge on any atom is 0.346 e. The summed E-state index contributed by atoms with van der Waals surface area (Å²) >= 11 is 0. The second-order valence-electron chi connectivity index (χ2n) is 4.75. The van der Waals surface area contributed by atoms with Crippen molar-refractivity contribution in [1.29, 1.82) is 0 Å². The average Bonchev–Trinajstić information content (AvgIpc) is 2.24. The molecule has 2 unspecified atom stereocenters. The first-order chi connectivity index (χ1) is 9.21. The summed E-state index contributed by atoms with van der Waals surface area (Å²) in [6.07, 6.45) is 1.50. The Morgan fingerprint density at radius 1 is 1.05 bits per heavy atom. The summed E-state index contributed by atoms with van der Waals surface area (Å²) in [4.78, 5) is 49.1. The fraction of sp³-hybridized carbons (Fsp3) is 0.500. The molecule has 0 aromatic rings. The topological polar surface area (TPSA) is 156 Å². The van der Waals surface area contributed by atoms with Crippen LogP contribution < -0.4 is 0 Å². The van der Waals surface area contributed by atoms with Gasteiger partial charge in [0.2, 0.25) is 0 Å². The fourth-order valence-corrected chi connectivity index (χ4v) is 3.92. The standard InChI is InChI=1S/C10H19NO8P2/c1-5-7(20(14,15)16)11(10(3,4)9(12)13)8(6-2)21(17,18)19/h5-8H,1-2H2,3-4H3,(H,12,13)(H2,14,15,16)(H2,17,18,19). The van der Waals surface area contributed by atoms with E-state index in [-0.39, 0.29) is 0 Å². The van der Waals surface area contributed by atoms with Crippen LogP contribution in [0.1, 0.15) is 13.8 Å². The summed E-state index contributed by atoms with van der Waals surface area (Å²) in [5, 5.41) is 9.22. The van der Waals surface area contributed by atoms with E-state index in [4.69, 9.17) is 0 Å². The lowest BCUT2D eigenvalue weighted by atomic mass is 10.0. The zero-order valence-electron chi connectivity index (χ0n) is 11.5. The Balaban J connectivity index is 6.33. The first-order valence-electron chi connectivity index (χ1n) is 5.58. The van der Waals surface area contributed by atoms with Gasteiger partial charge in [0.15, 0.2) is 0 Å². The van der Waals surface area contributed by atoms with Crippen molar-refractivity contribution in [3.8, 4) is 0 Å². The predicted molar refractivity (Wildman–Crippen MR) is 75.6 cm³/mol. The van der Waals surface area contributed by atoms with Gasteiger partial charge in [0, 0.05) is 0 Å². The van der Waals surface area contributed by atoms with Crippen LogP contribution in [0, 0.1) is 0 Å². The molecule has 9 nitrogen and oxygen atoms in total. The van der Waals surface area contributed by atoms with E-state index in [0.29, 0.717) is 4.90 Å². The molecule has 0 rings (SSSR count). The molecule has 5 N–H and O–H groups in total. The predicted octanol–water partition coefficient (Wildman–Crippen LogP) is 0.531. The molecule has 0 fully saturated rings. The van der Waals surface area contributed by atoms with Crippen LogP contribution in [-0.4, -0.2) is 52.7 Å². The van der Waals surface area contributed by atoms with E-state index in [9.17, 15) is 38.6 Å². The molecule has 2 atom stereocenters. The maximum atomic E-state index is 11.5. The number of carbonyl (C=O) groups is 1. The molecular weight excluding hydrogens is 324 g/mol. The molecule has 0 aliphatic heterocycles. The Hall–Kier alpha value is -0.790. The van der Waals surface area contributed by atoms with Gasteiger partial charge in [-0.1, -0.05) is 12.2 Å². The molecule has 0 aromatic heterocycles. The number of hydrogen-bond donors (Lipinski definition) is 5. The molecule has 0 saturated carbocycles. The van der Waals surface area contributed by atoms with E-state index in [1.54, 1.807) is 0 Å². The highest BCUT2D eigenvalue weighted by Crippen LogP contribution is 2.53. The number of rotatable bonds is 8. The maximum absolute atomic E-state index is 11.5. The second-order valence-corrected chi connectivity index (χ2v) is 8.16. The lowest BCUT2D eigenvalue weighted by Gasteiger charge is -2.43. The van der Waals surface area contributed by atoms with Gasteiger partial charge in [0.25, 0.3) is 0 Å². The molecule has 0 aliphatic rings. The van der Waals surface area contributed by atoms with Crippen LogP contribution in [0.2, 0.25) is 0 Å². The van der Waals surface area contributed by atoms with Gasteiger partial charge in [0.05, 0.1) is 0 Å². The lowest BCUT2D eigenvalue weighted by Crippen LogP contribution is -2.57.